The van der Waals surface area contributed by atoms with Crippen LogP contribution in [0.2, 0.25) is 0 Å². The van der Waals surface area contributed by atoms with E-state index in [1.54, 1.807) is 9.35 Å². The Morgan fingerprint density at radius 1 is 0.727 bits per heavy atom. The van der Waals surface area contributed by atoms with Gasteiger partial charge < -0.3 is 0 Å². The van der Waals surface area contributed by atoms with Gasteiger partial charge in [-0.15, -0.1) is 0 Å². The van der Waals surface area contributed by atoms with E-state index in [1.165, 1.54) is 0 Å². The molecule has 0 bridgehead atoms. The van der Waals surface area contributed by atoms with E-state index in [0.717, 1.165) is 33.9 Å². The van der Waals surface area contributed by atoms with Gasteiger partial charge >= 0.3 is 11.8 Å². The summed E-state index contributed by atoms with van der Waals surface area (Å²) in [5.41, 5.74) is 10.9. The number of carbonyl (C=O) groups is 2. The van der Waals surface area contributed by atoms with E-state index >= 15 is 0 Å². The highest BCUT2D eigenvalue weighted by molar-refractivity contribution is 6.41. The smallest absolute Gasteiger partial charge is 0.262 e. The fourth-order valence-corrected chi connectivity index (χ4v) is 2.50. The predicted octanol–water partition coefficient (Wildman–Crippen LogP) is 1.98. The molecule has 0 saturated heterocycles. The average Bonchev–Trinajstić information content (AvgIpc) is 2.82. The third-order valence-electron chi connectivity index (χ3n) is 4.00. The first-order valence-electron chi connectivity index (χ1n) is 7.15. The molecule has 118 valence electrons. The highest BCUT2D eigenvalue weighted by atomic mass is 16.2. The molecule has 0 aromatic carbocycles. The second-order valence-electron chi connectivity index (χ2n) is 5.66. The summed E-state index contributed by atoms with van der Waals surface area (Å²) in [7, 11) is 0. The summed E-state index contributed by atoms with van der Waals surface area (Å²) in [6.45, 7) is 11.5. The average molecular weight is 302 g/mol. The van der Waals surface area contributed by atoms with Crippen molar-refractivity contribution < 1.29 is 9.59 Å². The number of aryl methyl sites for hydroxylation is 4. The number of amides is 2. The topological polar surface area (TPSA) is 68.1 Å². The molecule has 6 heteroatoms. The second-order valence-corrected chi connectivity index (χ2v) is 5.66. The lowest BCUT2D eigenvalue weighted by molar-refractivity contribution is -0.134. The second kappa shape index (κ2) is 5.71. The van der Waals surface area contributed by atoms with Crippen molar-refractivity contribution in [2.24, 2.45) is 0 Å². The SMILES string of the molecule is Cc1cc(C)n(NC(=O)C(=O)Nn2c(C)cc(C)c2C)c1C. The first-order valence-corrected chi connectivity index (χ1v) is 7.15. The predicted molar refractivity (Wildman–Crippen MR) is 86.0 cm³/mol. The van der Waals surface area contributed by atoms with Gasteiger partial charge in [0.15, 0.2) is 0 Å². The number of nitrogens with zero attached hydrogens (tertiary/aromatic N) is 2. The molecule has 0 spiro atoms. The van der Waals surface area contributed by atoms with Gasteiger partial charge in [0, 0.05) is 22.8 Å². The first kappa shape index (κ1) is 15.9. The molecule has 0 radical (unpaired) electrons. The number of aromatic nitrogens is 2. The van der Waals surface area contributed by atoms with Crippen molar-refractivity contribution in [1.82, 2.24) is 9.35 Å². The third-order valence-corrected chi connectivity index (χ3v) is 4.00. The van der Waals surface area contributed by atoms with Crippen LogP contribution < -0.4 is 10.9 Å². The van der Waals surface area contributed by atoms with E-state index in [4.69, 9.17) is 0 Å². The molecule has 0 fully saturated rings. The minimum absolute atomic E-state index is 0.702. The zero-order valence-corrected chi connectivity index (χ0v) is 13.9. The number of rotatable bonds is 2. The molecule has 0 atom stereocenters. The molecule has 0 saturated carbocycles. The molecule has 2 heterocycles. The fraction of sp³-hybridized carbons (Fsp3) is 0.375. The van der Waals surface area contributed by atoms with E-state index in [0.29, 0.717) is 0 Å². The highest BCUT2D eigenvalue weighted by Crippen LogP contribution is 2.12. The molecule has 2 rings (SSSR count). The van der Waals surface area contributed by atoms with Crippen LogP contribution in [0.15, 0.2) is 12.1 Å². The van der Waals surface area contributed by atoms with Crippen molar-refractivity contribution >= 4 is 11.8 Å². The van der Waals surface area contributed by atoms with Gasteiger partial charge in [0.25, 0.3) is 0 Å². The molecule has 2 aromatic heterocycles. The van der Waals surface area contributed by atoms with Crippen LogP contribution in [0.1, 0.15) is 33.9 Å². The quantitative estimate of drug-likeness (QED) is 0.833. The zero-order chi connectivity index (χ0) is 16.6. The van der Waals surface area contributed by atoms with Gasteiger partial charge in [0.05, 0.1) is 0 Å². The zero-order valence-electron chi connectivity index (χ0n) is 13.9. The number of hydrogen-bond acceptors (Lipinski definition) is 2. The Kier molecular flexibility index (Phi) is 4.12. The number of carbonyl (C=O) groups excluding carboxylic acids is 2. The summed E-state index contributed by atoms with van der Waals surface area (Å²) < 4.78 is 3.25. The maximum atomic E-state index is 12.1. The van der Waals surface area contributed by atoms with Crippen LogP contribution in [0.5, 0.6) is 0 Å². The van der Waals surface area contributed by atoms with E-state index in [-0.39, 0.29) is 0 Å². The molecular weight excluding hydrogens is 280 g/mol. The molecule has 22 heavy (non-hydrogen) atoms. The summed E-state index contributed by atoms with van der Waals surface area (Å²) in [6.07, 6.45) is 0. The van der Waals surface area contributed by atoms with Gasteiger partial charge in [-0.25, -0.2) is 0 Å². The van der Waals surface area contributed by atoms with Gasteiger partial charge in [0.1, 0.15) is 0 Å². The standard InChI is InChI=1S/C16H22N4O2/c1-9-7-11(3)19(13(9)5)17-15(21)16(22)18-20-12(4)8-10(2)14(20)6/h7-8H,1-6H3,(H,17,21)(H,18,22). The van der Waals surface area contributed by atoms with Crippen molar-refractivity contribution in [2.45, 2.75) is 41.5 Å². The van der Waals surface area contributed by atoms with Gasteiger partial charge in [-0.3, -0.25) is 29.8 Å². The summed E-state index contributed by atoms with van der Waals surface area (Å²) in [5.74, 6) is -1.40. The van der Waals surface area contributed by atoms with E-state index in [2.05, 4.69) is 10.9 Å². The lowest BCUT2D eigenvalue weighted by Gasteiger charge is -2.14. The van der Waals surface area contributed by atoms with Crippen LogP contribution >= 0.6 is 0 Å². The Labute approximate surface area is 130 Å². The molecule has 6 nitrogen and oxygen atoms in total. The third kappa shape index (κ3) is 2.77. The van der Waals surface area contributed by atoms with Crippen LogP contribution in [0.3, 0.4) is 0 Å². The maximum absolute atomic E-state index is 12.1. The van der Waals surface area contributed by atoms with E-state index in [9.17, 15) is 9.59 Å². The van der Waals surface area contributed by atoms with Gasteiger partial charge in [-0.2, -0.15) is 0 Å². The Bertz CT molecular complexity index is 689. The van der Waals surface area contributed by atoms with Gasteiger partial charge in [0.2, 0.25) is 0 Å². The van der Waals surface area contributed by atoms with Crippen molar-refractivity contribution in [3.63, 3.8) is 0 Å². The minimum Gasteiger partial charge on any atom is -0.262 e. The Hall–Kier alpha value is -2.50. The van der Waals surface area contributed by atoms with Crippen molar-refractivity contribution in [2.75, 3.05) is 10.9 Å². The summed E-state index contributed by atoms with van der Waals surface area (Å²) >= 11 is 0. The Balaban J connectivity index is 2.15. The van der Waals surface area contributed by atoms with Crippen LogP contribution in [-0.2, 0) is 9.59 Å². The summed E-state index contributed by atoms with van der Waals surface area (Å²) in [4.78, 5) is 24.2. The number of hydrogen-bond donors (Lipinski definition) is 2. The first-order chi connectivity index (χ1) is 10.2. The van der Waals surface area contributed by atoms with E-state index < -0.39 is 11.8 Å². The fourth-order valence-electron chi connectivity index (χ4n) is 2.50. The van der Waals surface area contributed by atoms with Gasteiger partial charge in [-0.1, -0.05) is 0 Å². The van der Waals surface area contributed by atoms with Crippen LogP contribution in [0.25, 0.3) is 0 Å². The lowest BCUT2D eigenvalue weighted by atomic mass is 10.3. The molecule has 2 aromatic rings. The summed E-state index contributed by atoms with van der Waals surface area (Å²) in [6, 6.07) is 3.91. The van der Waals surface area contributed by atoms with Gasteiger partial charge in [-0.05, 0) is 64.8 Å². The van der Waals surface area contributed by atoms with Crippen molar-refractivity contribution in [3.05, 3.63) is 46.0 Å². The normalized spacial score (nSPS) is 10.6. The lowest BCUT2D eigenvalue weighted by Crippen LogP contribution is -2.38. The number of nitrogens with one attached hydrogen (secondary N) is 2. The monoisotopic (exact) mass is 302 g/mol. The van der Waals surface area contributed by atoms with Crippen LogP contribution in [-0.4, -0.2) is 21.2 Å². The van der Waals surface area contributed by atoms with Crippen molar-refractivity contribution in [1.29, 1.82) is 0 Å². The van der Waals surface area contributed by atoms with E-state index in [1.807, 2.05) is 53.7 Å². The molecule has 2 N–H and O–H groups in total. The van der Waals surface area contributed by atoms with Crippen LogP contribution in [0, 0.1) is 41.5 Å². The molecule has 0 aliphatic rings. The minimum atomic E-state index is -0.702. The molecule has 0 aliphatic carbocycles. The largest absolute Gasteiger partial charge is 0.329 e. The summed E-state index contributed by atoms with van der Waals surface area (Å²) in [5, 5.41) is 0. The molecular formula is C16H22N4O2. The maximum Gasteiger partial charge on any atom is 0.329 e. The Morgan fingerprint density at radius 2 is 1.05 bits per heavy atom. The van der Waals surface area contributed by atoms with Crippen molar-refractivity contribution in [3.8, 4) is 0 Å². The molecule has 0 aliphatic heterocycles. The highest BCUT2D eigenvalue weighted by Gasteiger charge is 2.18. The Morgan fingerprint density at radius 3 is 1.27 bits per heavy atom. The molecule has 0 unspecified atom stereocenters. The molecule has 2 amide bonds. The van der Waals surface area contributed by atoms with Crippen LogP contribution in [0.4, 0.5) is 0 Å².